The highest BCUT2D eigenvalue weighted by Gasteiger charge is 2.23. The van der Waals surface area contributed by atoms with Crippen LogP contribution < -0.4 is 9.47 Å². The number of benzene rings is 2. The molecular formula is C19H20O4. The van der Waals surface area contributed by atoms with Crippen molar-refractivity contribution in [3.8, 4) is 22.8 Å². The van der Waals surface area contributed by atoms with E-state index in [1.165, 1.54) is 0 Å². The third-order valence-electron chi connectivity index (χ3n) is 3.86. The van der Waals surface area contributed by atoms with Crippen molar-refractivity contribution >= 4 is 11.0 Å². The Labute approximate surface area is 135 Å². The summed E-state index contributed by atoms with van der Waals surface area (Å²) in [7, 11) is 3.25. The Hall–Kier alpha value is -2.46. The lowest BCUT2D eigenvalue weighted by Gasteiger charge is -2.18. The monoisotopic (exact) mass is 312 g/mol. The summed E-state index contributed by atoms with van der Waals surface area (Å²) < 4.78 is 16.5. The van der Waals surface area contributed by atoms with Crippen LogP contribution in [0.15, 0.2) is 46.9 Å². The maximum atomic E-state index is 10.4. The lowest BCUT2D eigenvalue weighted by atomic mass is 9.96. The number of ether oxygens (including phenoxy) is 2. The molecule has 120 valence electrons. The molecule has 0 atom stereocenters. The molecule has 0 unspecified atom stereocenters. The van der Waals surface area contributed by atoms with Gasteiger partial charge in [-0.3, -0.25) is 0 Å². The molecule has 0 amide bonds. The quantitative estimate of drug-likeness (QED) is 0.778. The van der Waals surface area contributed by atoms with Gasteiger partial charge in [0.25, 0.3) is 0 Å². The molecule has 4 heteroatoms. The number of rotatable bonds is 4. The van der Waals surface area contributed by atoms with E-state index < -0.39 is 5.60 Å². The van der Waals surface area contributed by atoms with E-state index >= 15 is 0 Å². The lowest BCUT2D eigenvalue weighted by Crippen LogP contribution is -2.15. The molecule has 1 aromatic heterocycles. The average molecular weight is 312 g/mol. The molecule has 0 aliphatic carbocycles. The van der Waals surface area contributed by atoms with Crippen LogP contribution >= 0.6 is 0 Å². The minimum Gasteiger partial charge on any atom is -0.497 e. The SMILES string of the molecule is COc1ccc(-c2cc3cc(OC)cc(C(C)(C)O)c3o2)cc1. The maximum absolute atomic E-state index is 10.4. The number of furan rings is 1. The Morgan fingerprint density at radius 1 is 0.913 bits per heavy atom. The summed E-state index contributed by atoms with van der Waals surface area (Å²) in [5, 5.41) is 11.3. The van der Waals surface area contributed by atoms with Gasteiger partial charge in [0.1, 0.15) is 22.8 Å². The van der Waals surface area contributed by atoms with Gasteiger partial charge in [-0.2, -0.15) is 0 Å². The third-order valence-corrected chi connectivity index (χ3v) is 3.86. The van der Waals surface area contributed by atoms with Crippen molar-refractivity contribution in [2.24, 2.45) is 0 Å². The zero-order valence-corrected chi connectivity index (χ0v) is 13.7. The Balaban J connectivity index is 2.17. The molecule has 0 spiro atoms. The van der Waals surface area contributed by atoms with Gasteiger partial charge in [0.05, 0.1) is 19.8 Å². The van der Waals surface area contributed by atoms with Crippen LogP contribution in [0.1, 0.15) is 19.4 Å². The summed E-state index contributed by atoms with van der Waals surface area (Å²) in [4.78, 5) is 0. The van der Waals surface area contributed by atoms with Gasteiger partial charge in [0.2, 0.25) is 0 Å². The van der Waals surface area contributed by atoms with Crippen molar-refractivity contribution in [2.45, 2.75) is 19.4 Å². The van der Waals surface area contributed by atoms with Gasteiger partial charge in [-0.05, 0) is 56.3 Å². The lowest BCUT2D eigenvalue weighted by molar-refractivity contribution is 0.0789. The summed E-state index contributed by atoms with van der Waals surface area (Å²) in [6.45, 7) is 3.47. The van der Waals surface area contributed by atoms with Crippen LogP contribution in [0.3, 0.4) is 0 Å². The number of fused-ring (bicyclic) bond motifs is 1. The molecule has 4 nitrogen and oxygen atoms in total. The molecule has 0 aliphatic rings. The smallest absolute Gasteiger partial charge is 0.141 e. The van der Waals surface area contributed by atoms with E-state index in [2.05, 4.69) is 0 Å². The molecule has 23 heavy (non-hydrogen) atoms. The van der Waals surface area contributed by atoms with Gasteiger partial charge in [-0.15, -0.1) is 0 Å². The summed E-state index contributed by atoms with van der Waals surface area (Å²) in [6.07, 6.45) is 0. The van der Waals surface area contributed by atoms with Crippen molar-refractivity contribution in [1.82, 2.24) is 0 Å². The van der Waals surface area contributed by atoms with E-state index in [1.807, 2.05) is 42.5 Å². The molecule has 0 fully saturated rings. The minimum absolute atomic E-state index is 0.670. The van der Waals surface area contributed by atoms with E-state index in [1.54, 1.807) is 28.1 Å². The molecule has 0 aliphatic heterocycles. The molecule has 1 heterocycles. The first-order valence-corrected chi connectivity index (χ1v) is 7.41. The van der Waals surface area contributed by atoms with Crippen LogP contribution in [0.4, 0.5) is 0 Å². The standard InChI is InChI=1S/C19H20O4/c1-19(2,20)16-11-15(22-4)9-13-10-17(23-18(13)16)12-5-7-14(21-3)8-6-12/h5-11,20H,1-4H3. The molecule has 3 rings (SSSR count). The van der Waals surface area contributed by atoms with Crippen LogP contribution in [-0.2, 0) is 5.60 Å². The van der Waals surface area contributed by atoms with E-state index in [9.17, 15) is 5.11 Å². The summed E-state index contributed by atoms with van der Waals surface area (Å²) >= 11 is 0. The van der Waals surface area contributed by atoms with Gasteiger partial charge in [-0.25, -0.2) is 0 Å². The first-order valence-electron chi connectivity index (χ1n) is 7.41. The van der Waals surface area contributed by atoms with Crippen molar-refractivity contribution in [1.29, 1.82) is 0 Å². The Bertz CT molecular complexity index is 823. The number of hydrogen-bond donors (Lipinski definition) is 1. The average Bonchev–Trinajstić information content (AvgIpc) is 2.96. The van der Waals surface area contributed by atoms with Crippen molar-refractivity contribution < 1.29 is 19.0 Å². The second-order valence-corrected chi connectivity index (χ2v) is 5.99. The zero-order valence-electron chi connectivity index (χ0n) is 13.7. The summed E-state index contributed by atoms with van der Waals surface area (Å²) in [6, 6.07) is 13.3. The molecule has 3 aromatic rings. The van der Waals surface area contributed by atoms with E-state index in [0.29, 0.717) is 16.9 Å². The molecule has 0 saturated heterocycles. The zero-order chi connectivity index (χ0) is 16.6. The van der Waals surface area contributed by atoms with E-state index in [0.717, 1.165) is 22.5 Å². The summed E-state index contributed by atoms with van der Waals surface area (Å²) in [5.74, 6) is 2.22. The molecule has 0 saturated carbocycles. The van der Waals surface area contributed by atoms with Crippen LogP contribution in [0.2, 0.25) is 0 Å². The first-order chi connectivity index (χ1) is 10.9. The normalized spacial score (nSPS) is 11.7. The Kier molecular flexibility index (Phi) is 3.78. The highest BCUT2D eigenvalue weighted by Crippen LogP contribution is 2.37. The van der Waals surface area contributed by atoms with E-state index in [-0.39, 0.29) is 0 Å². The Morgan fingerprint density at radius 3 is 2.13 bits per heavy atom. The highest BCUT2D eigenvalue weighted by atomic mass is 16.5. The fourth-order valence-electron chi connectivity index (χ4n) is 2.60. The molecule has 0 bridgehead atoms. The number of methoxy groups -OCH3 is 2. The second-order valence-electron chi connectivity index (χ2n) is 5.99. The fraction of sp³-hybridized carbons (Fsp3) is 0.263. The Morgan fingerprint density at radius 2 is 1.57 bits per heavy atom. The number of hydrogen-bond acceptors (Lipinski definition) is 4. The predicted octanol–water partition coefficient (Wildman–Crippen LogP) is 4.34. The van der Waals surface area contributed by atoms with Gasteiger partial charge in [-0.1, -0.05) is 0 Å². The summed E-state index contributed by atoms with van der Waals surface area (Å²) in [5.41, 5.74) is 1.29. The number of aliphatic hydroxyl groups is 1. The molecule has 2 aromatic carbocycles. The molecule has 1 N–H and O–H groups in total. The molecule has 0 radical (unpaired) electrons. The van der Waals surface area contributed by atoms with Gasteiger partial charge >= 0.3 is 0 Å². The highest BCUT2D eigenvalue weighted by molar-refractivity contribution is 5.87. The van der Waals surface area contributed by atoms with Gasteiger partial charge in [0.15, 0.2) is 0 Å². The fourth-order valence-corrected chi connectivity index (χ4v) is 2.60. The van der Waals surface area contributed by atoms with Crippen molar-refractivity contribution in [3.63, 3.8) is 0 Å². The second kappa shape index (κ2) is 5.63. The van der Waals surface area contributed by atoms with Crippen molar-refractivity contribution in [3.05, 3.63) is 48.0 Å². The van der Waals surface area contributed by atoms with Gasteiger partial charge in [0, 0.05) is 16.5 Å². The van der Waals surface area contributed by atoms with Crippen LogP contribution in [0, 0.1) is 0 Å². The first kappa shape index (κ1) is 15.4. The third kappa shape index (κ3) is 2.90. The maximum Gasteiger partial charge on any atom is 0.141 e. The van der Waals surface area contributed by atoms with Crippen LogP contribution in [0.5, 0.6) is 11.5 Å². The van der Waals surface area contributed by atoms with Crippen molar-refractivity contribution in [2.75, 3.05) is 14.2 Å². The molecular weight excluding hydrogens is 292 g/mol. The largest absolute Gasteiger partial charge is 0.497 e. The van der Waals surface area contributed by atoms with Crippen LogP contribution in [-0.4, -0.2) is 19.3 Å². The van der Waals surface area contributed by atoms with E-state index in [4.69, 9.17) is 13.9 Å². The topological polar surface area (TPSA) is 51.8 Å². The van der Waals surface area contributed by atoms with Gasteiger partial charge < -0.3 is 19.0 Å². The van der Waals surface area contributed by atoms with Crippen LogP contribution in [0.25, 0.3) is 22.3 Å². The minimum atomic E-state index is -1.03. The predicted molar refractivity (Wildman–Crippen MR) is 90.0 cm³/mol.